The number of hydrogen-bond acceptors (Lipinski definition) is 5. The van der Waals surface area contributed by atoms with Gasteiger partial charge in [0, 0.05) is 13.5 Å². The van der Waals surface area contributed by atoms with E-state index in [1.165, 1.54) is 0 Å². The van der Waals surface area contributed by atoms with Gasteiger partial charge in [-0.1, -0.05) is 16.9 Å². The van der Waals surface area contributed by atoms with Gasteiger partial charge in [0.1, 0.15) is 16.5 Å². The minimum absolute atomic E-state index is 0.181. The largest absolute Gasteiger partial charge is 0.389 e. The van der Waals surface area contributed by atoms with E-state index in [9.17, 15) is 0 Å². The lowest BCUT2D eigenvalue weighted by Crippen LogP contribution is -2.18. The molecular weight excluding hydrogens is 248 g/mol. The van der Waals surface area contributed by atoms with Gasteiger partial charge in [0.05, 0.1) is 5.75 Å². The maximum atomic E-state index is 5.70. The first-order chi connectivity index (χ1) is 7.46. The molecule has 0 saturated carbocycles. The van der Waals surface area contributed by atoms with E-state index in [2.05, 4.69) is 15.2 Å². The molecule has 16 heavy (non-hydrogen) atoms. The van der Waals surface area contributed by atoms with Gasteiger partial charge in [0.15, 0.2) is 0 Å². The quantitative estimate of drug-likeness (QED) is 0.818. The van der Waals surface area contributed by atoms with Gasteiger partial charge in [-0.05, 0) is 25.4 Å². The van der Waals surface area contributed by atoms with Crippen molar-refractivity contribution in [1.29, 1.82) is 0 Å². The lowest BCUT2D eigenvalue weighted by Gasteiger charge is -2.12. The molecule has 5 nitrogen and oxygen atoms in total. The summed E-state index contributed by atoms with van der Waals surface area (Å²) in [7, 11) is 1.83. The van der Waals surface area contributed by atoms with Crippen LogP contribution in [0.15, 0.2) is 5.16 Å². The zero-order valence-corrected chi connectivity index (χ0v) is 11.0. The van der Waals surface area contributed by atoms with E-state index in [4.69, 9.17) is 16.4 Å². The Kier molecular flexibility index (Phi) is 3.12. The molecule has 88 valence electrons. The van der Waals surface area contributed by atoms with Crippen molar-refractivity contribution in [2.45, 2.75) is 31.6 Å². The van der Waals surface area contributed by atoms with Gasteiger partial charge in [-0.2, -0.15) is 0 Å². The van der Waals surface area contributed by atoms with Gasteiger partial charge >= 0.3 is 0 Å². The summed E-state index contributed by atoms with van der Waals surface area (Å²) >= 11 is 7.31. The van der Waals surface area contributed by atoms with E-state index >= 15 is 0 Å². The van der Waals surface area contributed by atoms with Crippen LogP contribution < -0.4 is 0 Å². The molecular formula is C9H13ClN4OS. The topological polar surface area (TPSA) is 52.3 Å². The Morgan fingerprint density at radius 3 is 2.81 bits per heavy atom. The fourth-order valence-corrected chi connectivity index (χ4v) is 2.63. The highest BCUT2D eigenvalue weighted by Gasteiger charge is 2.29. The molecule has 2 rings (SSSR count). The molecule has 0 radical (unpaired) electrons. The Morgan fingerprint density at radius 1 is 1.56 bits per heavy atom. The average Bonchev–Trinajstić information content (AvgIpc) is 2.66. The molecule has 0 spiro atoms. The number of hydrogen-bond donors (Lipinski definition) is 0. The summed E-state index contributed by atoms with van der Waals surface area (Å²) in [6.45, 7) is 4.03. The van der Waals surface area contributed by atoms with E-state index in [1.54, 1.807) is 16.4 Å². The highest BCUT2D eigenvalue weighted by atomic mass is 35.5. The zero-order chi connectivity index (χ0) is 11.8. The van der Waals surface area contributed by atoms with Crippen LogP contribution in [0.5, 0.6) is 0 Å². The van der Waals surface area contributed by atoms with Crippen molar-refractivity contribution < 1.29 is 4.84 Å². The number of rotatable bonds is 2. The highest BCUT2D eigenvalue weighted by molar-refractivity contribution is 8.13. The van der Waals surface area contributed by atoms with Crippen molar-refractivity contribution in [3.05, 3.63) is 11.1 Å². The molecule has 7 heteroatoms. The molecule has 0 unspecified atom stereocenters. The van der Waals surface area contributed by atoms with Gasteiger partial charge in [0.25, 0.3) is 0 Å². The molecule has 0 amide bonds. The van der Waals surface area contributed by atoms with Crippen molar-refractivity contribution >= 4 is 28.4 Å². The molecule has 2 heterocycles. The number of oxime groups is 1. The van der Waals surface area contributed by atoms with Crippen molar-refractivity contribution in [1.82, 2.24) is 14.8 Å². The summed E-state index contributed by atoms with van der Waals surface area (Å²) in [6, 6.07) is 0. The molecule has 0 aliphatic carbocycles. The Labute approximate surface area is 103 Å². The maximum absolute atomic E-state index is 5.70. The number of aromatic nitrogens is 3. The lowest BCUT2D eigenvalue weighted by molar-refractivity contribution is 0.0123. The van der Waals surface area contributed by atoms with Crippen LogP contribution in [-0.4, -0.2) is 25.4 Å². The molecule has 0 fully saturated rings. The number of nitrogens with zero attached hydrogens (tertiary/aromatic N) is 4. The fourth-order valence-electron chi connectivity index (χ4n) is 1.34. The van der Waals surface area contributed by atoms with Gasteiger partial charge in [-0.15, -0.1) is 5.10 Å². The average molecular weight is 261 g/mol. The number of aryl methyl sites for hydroxylation is 1. The highest BCUT2D eigenvalue weighted by Crippen LogP contribution is 2.28. The molecule has 0 atom stereocenters. The standard InChI is InChI=1S/C9H13ClN4OS/c1-9(2)4-7(13-15-9)16-5-6-11-8(10)12-14(6)3/h4-5H2,1-3H3. The molecule has 0 N–H and O–H groups in total. The molecule has 0 bridgehead atoms. The van der Waals surface area contributed by atoms with Gasteiger partial charge < -0.3 is 4.84 Å². The first-order valence-corrected chi connectivity index (χ1v) is 6.26. The third-order valence-corrected chi connectivity index (χ3v) is 3.28. The monoisotopic (exact) mass is 260 g/mol. The number of thioether (sulfide) groups is 1. The maximum Gasteiger partial charge on any atom is 0.242 e. The van der Waals surface area contributed by atoms with E-state index in [0.717, 1.165) is 17.3 Å². The van der Waals surface area contributed by atoms with Crippen molar-refractivity contribution in [3.63, 3.8) is 0 Å². The summed E-state index contributed by atoms with van der Waals surface area (Å²) in [5.41, 5.74) is -0.181. The van der Waals surface area contributed by atoms with Crippen LogP contribution in [0.25, 0.3) is 0 Å². The first kappa shape index (κ1) is 11.7. The summed E-state index contributed by atoms with van der Waals surface area (Å²) in [5.74, 6) is 1.54. The van der Waals surface area contributed by atoms with E-state index < -0.39 is 0 Å². The van der Waals surface area contributed by atoms with Crippen LogP contribution in [0.1, 0.15) is 26.1 Å². The molecule has 1 aromatic rings. The zero-order valence-electron chi connectivity index (χ0n) is 9.40. The Hall–Kier alpha value is -0.750. The molecule has 0 aromatic carbocycles. The minimum Gasteiger partial charge on any atom is -0.389 e. The Balaban J connectivity index is 1.92. The second-order valence-corrected chi connectivity index (χ2v) is 5.61. The third-order valence-electron chi connectivity index (χ3n) is 2.17. The molecule has 1 aliphatic heterocycles. The normalized spacial score (nSPS) is 18.4. The second-order valence-electron chi connectivity index (χ2n) is 4.22. The summed E-state index contributed by atoms with van der Waals surface area (Å²) in [5, 5.41) is 9.27. The van der Waals surface area contributed by atoms with Gasteiger partial charge in [-0.25, -0.2) is 4.98 Å². The lowest BCUT2D eigenvalue weighted by atomic mass is 10.1. The molecule has 0 saturated heterocycles. The van der Waals surface area contributed by atoms with Crippen LogP contribution in [0, 0.1) is 0 Å². The Morgan fingerprint density at radius 2 is 2.31 bits per heavy atom. The van der Waals surface area contributed by atoms with Crippen LogP contribution in [-0.2, 0) is 17.6 Å². The van der Waals surface area contributed by atoms with Crippen LogP contribution in [0.2, 0.25) is 5.28 Å². The van der Waals surface area contributed by atoms with Gasteiger partial charge in [0.2, 0.25) is 5.28 Å². The first-order valence-electron chi connectivity index (χ1n) is 4.89. The van der Waals surface area contributed by atoms with Crippen LogP contribution in [0.4, 0.5) is 0 Å². The second kappa shape index (κ2) is 4.25. The molecule has 1 aliphatic rings. The van der Waals surface area contributed by atoms with Gasteiger partial charge in [-0.3, -0.25) is 4.68 Å². The smallest absolute Gasteiger partial charge is 0.242 e. The van der Waals surface area contributed by atoms with Crippen LogP contribution in [0.3, 0.4) is 0 Å². The minimum atomic E-state index is -0.181. The van der Waals surface area contributed by atoms with Crippen molar-refractivity contribution in [3.8, 4) is 0 Å². The predicted octanol–water partition coefficient (Wildman–Crippen LogP) is 2.21. The summed E-state index contributed by atoms with van der Waals surface area (Å²) in [4.78, 5) is 9.38. The predicted molar refractivity (Wildman–Crippen MR) is 64.5 cm³/mol. The van der Waals surface area contributed by atoms with Crippen molar-refractivity contribution in [2.24, 2.45) is 12.2 Å². The molecule has 1 aromatic heterocycles. The Bertz CT molecular complexity index is 429. The van der Waals surface area contributed by atoms with Crippen molar-refractivity contribution in [2.75, 3.05) is 0 Å². The number of halogens is 1. The van der Waals surface area contributed by atoms with E-state index in [0.29, 0.717) is 5.75 Å². The van der Waals surface area contributed by atoms with E-state index in [1.807, 2.05) is 20.9 Å². The summed E-state index contributed by atoms with van der Waals surface area (Å²) < 4.78 is 1.68. The van der Waals surface area contributed by atoms with Crippen LogP contribution >= 0.6 is 23.4 Å². The van der Waals surface area contributed by atoms with E-state index in [-0.39, 0.29) is 10.9 Å². The fraction of sp³-hybridized carbons (Fsp3) is 0.667. The SMILES string of the molecule is Cn1nc(Cl)nc1CSC1=NOC(C)(C)C1. The summed E-state index contributed by atoms with van der Waals surface area (Å²) in [6.07, 6.45) is 0.837. The third kappa shape index (κ3) is 2.68.